The summed E-state index contributed by atoms with van der Waals surface area (Å²) in [5.74, 6) is 2.52. The quantitative estimate of drug-likeness (QED) is 0.289. The number of allylic oxidation sites excluding steroid dienone is 8. The van der Waals surface area contributed by atoms with Gasteiger partial charge in [-0.25, -0.2) is 29.9 Å². The summed E-state index contributed by atoms with van der Waals surface area (Å²) in [5, 5.41) is 1.96. The van der Waals surface area contributed by atoms with Gasteiger partial charge in [0.05, 0.1) is 11.8 Å². The Morgan fingerprint density at radius 2 is 1.22 bits per heavy atom. The van der Waals surface area contributed by atoms with Gasteiger partial charge >= 0.3 is 0 Å². The van der Waals surface area contributed by atoms with Crippen LogP contribution in [0.2, 0.25) is 0 Å². The molecule has 5 aliphatic rings. The second kappa shape index (κ2) is 9.15. The van der Waals surface area contributed by atoms with E-state index in [9.17, 15) is 0 Å². The van der Waals surface area contributed by atoms with Crippen molar-refractivity contribution in [2.45, 2.75) is 11.8 Å². The molecule has 4 aromatic rings. The number of H-pyrrole nitrogens is 2. The molecule has 0 spiro atoms. The van der Waals surface area contributed by atoms with Crippen molar-refractivity contribution in [3.63, 3.8) is 0 Å². The largest absolute Gasteiger partial charge is 0.327 e. The van der Waals surface area contributed by atoms with Gasteiger partial charge in [-0.3, -0.25) is 0 Å². The van der Waals surface area contributed by atoms with Crippen LogP contribution in [0.5, 0.6) is 0 Å². The van der Waals surface area contributed by atoms with E-state index in [2.05, 4.69) is 46.4 Å². The molecule has 0 saturated heterocycles. The number of nitrogens with zero attached hydrogens (tertiary/aromatic N) is 6. The number of fused-ring (bicyclic) bond motifs is 18. The van der Waals surface area contributed by atoms with E-state index in [4.69, 9.17) is 29.9 Å². The van der Waals surface area contributed by atoms with Gasteiger partial charge in [0.25, 0.3) is 0 Å². The van der Waals surface area contributed by atoms with Crippen LogP contribution in [0.1, 0.15) is 23.5 Å². The number of aromatic amines is 2. The molecular formula is C32H20MgN8. The summed E-state index contributed by atoms with van der Waals surface area (Å²) in [7, 11) is 0. The van der Waals surface area contributed by atoms with Crippen LogP contribution in [-0.2, 0) is 0 Å². The SMILES string of the molecule is C1=CC2=c3nc(nc4nc(nc5[nH]c(nc6[nH]c(n3)C3C=CC=CC=63)c3ccccc53)-c3ccccc3-4)C2C=C1.[Mg]. The van der Waals surface area contributed by atoms with E-state index in [-0.39, 0.29) is 34.9 Å². The number of aromatic nitrogens is 8. The van der Waals surface area contributed by atoms with E-state index in [0.29, 0.717) is 28.6 Å². The zero-order valence-corrected chi connectivity index (χ0v) is 23.2. The number of rotatable bonds is 0. The second-order valence-electron chi connectivity index (χ2n) is 10.1. The molecule has 9 rings (SSSR count). The minimum Gasteiger partial charge on any atom is -0.327 e. The first-order valence-electron chi connectivity index (χ1n) is 13.2. The van der Waals surface area contributed by atoms with Crippen LogP contribution >= 0.6 is 0 Å². The highest BCUT2D eigenvalue weighted by atomic mass is 24.3. The molecule has 2 aliphatic carbocycles. The zero-order valence-electron chi connectivity index (χ0n) is 21.8. The van der Waals surface area contributed by atoms with Crippen LogP contribution in [0.25, 0.3) is 56.0 Å². The topological polar surface area (TPSA) is 109 Å². The van der Waals surface area contributed by atoms with E-state index < -0.39 is 0 Å². The molecular weight excluding hydrogens is 521 g/mol. The fourth-order valence-corrected chi connectivity index (χ4v) is 5.90. The van der Waals surface area contributed by atoms with Crippen LogP contribution in [0.4, 0.5) is 0 Å². The highest BCUT2D eigenvalue weighted by Crippen LogP contribution is 2.36. The van der Waals surface area contributed by atoms with E-state index >= 15 is 0 Å². The molecule has 2 unspecified atom stereocenters. The minimum absolute atomic E-state index is 0. The van der Waals surface area contributed by atoms with Crippen LogP contribution in [0, 0.1) is 0 Å². The molecule has 2 radical (unpaired) electrons. The molecule has 9 heteroatoms. The monoisotopic (exact) mass is 540 g/mol. The molecule has 3 aliphatic heterocycles. The fraction of sp³-hybridized carbons (Fsp3) is 0.0625. The molecule has 41 heavy (non-hydrogen) atoms. The van der Waals surface area contributed by atoms with E-state index in [1.807, 2.05) is 60.7 Å². The fourth-order valence-electron chi connectivity index (χ4n) is 5.90. The normalized spacial score (nSPS) is 18.5. The maximum Gasteiger partial charge on any atom is 0.164 e. The Hall–Kier alpha value is -4.73. The molecule has 8 bridgehead atoms. The summed E-state index contributed by atoms with van der Waals surface area (Å²) in [6.07, 6.45) is 16.5. The van der Waals surface area contributed by atoms with Crippen molar-refractivity contribution in [2.24, 2.45) is 0 Å². The van der Waals surface area contributed by atoms with Gasteiger partial charge in [0.15, 0.2) is 17.1 Å². The lowest BCUT2D eigenvalue weighted by molar-refractivity contribution is 0.915. The minimum atomic E-state index is -0.0924. The first-order valence-corrected chi connectivity index (χ1v) is 13.2. The van der Waals surface area contributed by atoms with Crippen LogP contribution < -0.4 is 11.0 Å². The maximum absolute atomic E-state index is 5.09. The number of benzene rings is 2. The van der Waals surface area contributed by atoms with E-state index in [0.717, 1.165) is 50.0 Å². The van der Waals surface area contributed by atoms with Crippen molar-refractivity contribution in [2.75, 3.05) is 0 Å². The molecule has 2 N–H and O–H groups in total. The molecule has 8 nitrogen and oxygen atoms in total. The molecule has 0 fully saturated rings. The van der Waals surface area contributed by atoms with Crippen molar-refractivity contribution in [1.82, 2.24) is 39.9 Å². The highest BCUT2D eigenvalue weighted by molar-refractivity contribution is 6.04. The highest BCUT2D eigenvalue weighted by Gasteiger charge is 2.27. The average molecular weight is 541 g/mol. The Labute approximate surface area is 249 Å². The van der Waals surface area contributed by atoms with Gasteiger partial charge in [0, 0.05) is 56.1 Å². The van der Waals surface area contributed by atoms with Crippen molar-refractivity contribution < 1.29 is 0 Å². The van der Waals surface area contributed by atoms with Crippen LogP contribution in [-0.4, -0.2) is 62.9 Å². The Morgan fingerprint density at radius 3 is 2.00 bits per heavy atom. The molecule has 5 heterocycles. The van der Waals surface area contributed by atoms with Crippen LogP contribution in [0.15, 0.2) is 97.1 Å². The predicted molar refractivity (Wildman–Crippen MR) is 159 cm³/mol. The van der Waals surface area contributed by atoms with Crippen molar-refractivity contribution in [3.05, 3.63) is 120 Å². The Balaban J connectivity index is 0.00000256. The summed E-state index contributed by atoms with van der Waals surface area (Å²) in [5.41, 5.74) is 6.77. The Morgan fingerprint density at radius 1 is 0.561 bits per heavy atom. The van der Waals surface area contributed by atoms with Crippen molar-refractivity contribution in [3.8, 4) is 22.8 Å². The van der Waals surface area contributed by atoms with Gasteiger partial charge in [0.2, 0.25) is 0 Å². The standard InChI is InChI=1S/C32H20N8.Mg/c1-2-10-18-17(9-1)25-33-26(18)38-28-21-13-5-6-14-22(21)30(35-28)40-32-24-16-8-7-15-23(24)31(36-32)39-29-20-12-4-3-11-19(20)27(34-29)37-25;/h1-17,20H,(H,33,37)(H,34,35,36,38,39,40);. The number of hydrogen-bond donors (Lipinski definition) is 2. The third-order valence-corrected chi connectivity index (χ3v) is 7.81. The lowest BCUT2D eigenvalue weighted by Gasteiger charge is -2.09. The van der Waals surface area contributed by atoms with E-state index in [1.165, 1.54) is 0 Å². The molecule has 0 amide bonds. The maximum atomic E-state index is 5.09. The van der Waals surface area contributed by atoms with Gasteiger partial charge in [-0.1, -0.05) is 97.1 Å². The zero-order chi connectivity index (χ0) is 26.2. The molecule has 190 valence electrons. The van der Waals surface area contributed by atoms with Crippen molar-refractivity contribution in [1.29, 1.82) is 0 Å². The second-order valence-corrected chi connectivity index (χ2v) is 10.1. The first kappa shape index (κ1) is 24.1. The Kier molecular flexibility index (Phi) is 5.38. The third kappa shape index (κ3) is 3.66. The van der Waals surface area contributed by atoms with Crippen molar-refractivity contribution >= 4 is 56.3 Å². The van der Waals surface area contributed by atoms with Gasteiger partial charge in [-0.15, -0.1) is 0 Å². The summed E-state index contributed by atoms with van der Waals surface area (Å²) in [6.45, 7) is 0. The predicted octanol–water partition coefficient (Wildman–Crippen LogP) is 3.84. The number of hydrogen-bond acceptors (Lipinski definition) is 6. The lowest BCUT2D eigenvalue weighted by atomic mass is 9.95. The molecule has 2 aromatic heterocycles. The lowest BCUT2D eigenvalue weighted by Crippen LogP contribution is -2.14. The first-order chi connectivity index (χ1) is 19.8. The molecule has 2 aromatic carbocycles. The summed E-state index contributed by atoms with van der Waals surface area (Å²) < 4.78 is 0. The third-order valence-electron chi connectivity index (χ3n) is 7.81. The van der Waals surface area contributed by atoms with Crippen LogP contribution in [0.3, 0.4) is 0 Å². The van der Waals surface area contributed by atoms with E-state index in [1.54, 1.807) is 0 Å². The number of nitrogens with one attached hydrogen (secondary N) is 2. The smallest absolute Gasteiger partial charge is 0.164 e. The van der Waals surface area contributed by atoms with Gasteiger partial charge < -0.3 is 9.97 Å². The summed E-state index contributed by atoms with van der Waals surface area (Å²) in [4.78, 5) is 37.0. The van der Waals surface area contributed by atoms with Gasteiger partial charge in [0.1, 0.15) is 28.4 Å². The average Bonchev–Trinajstić information content (AvgIpc) is 3.73. The van der Waals surface area contributed by atoms with Gasteiger partial charge in [-0.05, 0) is 0 Å². The van der Waals surface area contributed by atoms with Gasteiger partial charge in [-0.2, -0.15) is 0 Å². The molecule has 0 saturated carbocycles. The molecule has 2 atom stereocenters. The summed E-state index contributed by atoms with van der Waals surface area (Å²) in [6, 6.07) is 16.2. The Bertz CT molecular complexity index is 2250. The summed E-state index contributed by atoms with van der Waals surface area (Å²) >= 11 is 0.